The number of rotatable bonds is 17. The molecule has 0 radical (unpaired) electrons. The van der Waals surface area contributed by atoms with Crippen LogP contribution in [0.5, 0.6) is 0 Å². The summed E-state index contributed by atoms with van der Waals surface area (Å²) < 4.78 is 66.2. The number of phosphoric ester groups is 1. The van der Waals surface area contributed by atoms with Gasteiger partial charge in [0, 0.05) is 91.1 Å². The molecule has 78 heavy (non-hydrogen) atoms. The van der Waals surface area contributed by atoms with E-state index >= 15 is 0 Å². The molecule has 24 nitrogen and oxygen atoms in total. The van der Waals surface area contributed by atoms with Crippen molar-refractivity contribution in [2.45, 2.75) is 44.1 Å². The Balaban J connectivity index is 0.000000191. The molecule has 0 amide bonds. The maximum atomic E-state index is 12.9. The van der Waals surface area contributed by atoms with Gasteiger partial charge in [0.05, 0.1) is 30.8 Å². The van der Waals surface area contributed by atoms with Crippen molar-refractivity contribution in [1.29, 1.82) is 0 Å². The molecule has 10 rings (SSSR count). The Hall–Kier alpha value is -6.05. The van der Waals surface area contributed by atoms with E-state index in [2.05, 4.69) is 171 Å². The number of carbonyl (C=O) groups is 1. The van der Waals surface area contributed by atoms with Gasteiger partial charge in [0.1, 0.15) is 54.3 Å². The standard InChI is InChI=1S/C33H27N2O.C17H26N5O16P3S/c1-34(25-14-8-4-9-15-25)27-18-20-29-31(22-27)36-32-23-28(35(2)26-16-10-5-11-17-26)19-21-30(32)33(29)24-12-6-3-7-13-24;23-11(9-1-3-21(4-2-9)42-36-26)5-10-15-16(20-17(25)19-10)22(8-18-15)14-6-12(24)13(35-14)7-34-40(30,31)38-41(32,33)37-39(27,28)29/h3-23H,1-2H3;8-9,12-14,24,26H,1-7H2,(H,30,31)(H,32,33)(H,19,20,25)(H2,27,28,29)/q+1;/p-3/t;12?,13-,14-/m.1/s1. The molecule has 6 atom stereocenters. The molecule has 0 bridgehead atoms. The van der Waals surface area contributed by atoms with E-state index in [1.54, 1.807) is 4.31 Å². The van der Waals surface area contributed by atoms with Crippen LogP contribution in [0.3, 0.4) is 0 Å². The van der Waals surface area contributed by atoms with E-state index in [1.807, 2.05) is 12.1 Å². The van der Waals surface area contributed by atoms with E-state index in [0.717, 1.165) is 56.9 Å². The summed E-state index contributed by atoms with van der Waals surface area (Å²) >= 11 is 0.776. The number of Topliss-reactive ketones (excluding diaryl/α,β-unsaturated/α-hetero) is 1. The summed E-state index contributed by atoms with van der Waals surface area (Å²) in [5.74, 6) is 0.405. The Morgan fingerprint density at radius 3 is 2.26 bits per heavy atom. The predicted molar refractivity (Wildman–Crippen MR) is 280 cm³/mol. The number of benzene rings is 5. The lowest BCUT2D eigenvalue weighted by Gasteiger charge is -2.33. The Morgan fingerprint density at radius 2 is 1.58 bits per heavy atom. The van der Waals surface area contributed by atoms with Gasteiger partial charge in [-0.15, -0.1) is 4.33 Å². The molecule has 4 aromatic carbocycles. The average Bonchev–Trinajstić information content (AvgIpc) is 4.15. The molecule has 4 unspecified atom stereocenters. The van der Waals surface area contributed by atoms with Crippen LogP contribution in [0.2, 0.25) is 0 Å². The highest BCUT2D eigenvalue weighted by Crippen LogP contribution is 2.61. The van der Waals surface area contributed by atoms with Gasteiger partial charge in [0.15, 0.2) is 5.65 Å². The van der Waals surface area contributed by atoms with Crippen LogP contribution in [0.15, 0.2) is 143 Å². The molecule has 28 heteroatoms. The summed E-state index contributed by atoms with van der Waals surface area (Å²) in [4.78, 5) is 80.1. The molecular formula is C50H50N7O17P3S-2. The Labute approximate surface area is 448 Å². The third-order valence-electron chi connectivity index (χ3n) is 13.0. The molecule has 0 spiro atoms. The zero-order valence-corrected chi connectivity index (χ0v) is 45.0. The minimum atomic E-state index is -6.10. The second kappa shape index (κ2) is 24.1. The Morgan fingerprint density at radius 1 is 0.897 bits per heavy atom. The first-order valence-electron chi connectivity index (χ1n) is 24.0. The third kappa shape index (κ3) is 13.7. The van der Waals surface area contributed by atoms with Gasteiger partial charge in [0.2, 0.25) is 11.0 Å². The molecule has 4 aliphatic rings. The lowest BCUT2D eigenvalue weighted by atomic mass is 9.91. The number of carbonyl (C=O) groups excluding carboxylic acids is 1. The van der Waals surface area contributed by atoms with Crippen molar-refractivity contribution < 1.29 is 75.1 Å². The number of aliphatic hydroxyl groups is 1. The summed E-state index contributed by atoms with van der Waals surface area (Å²) in [6.45, 7) is -0.00413. The normalized spacial score (nSPS) is 19.9. The predicted octanol–water partition coefficient (Wildman–Crippen LogP) is 5.80. The van der Waals surface area contributed by atoms with E-state index in [-0.39, 0.29) is 41.4 Å². The first-order valence-corrected chi connectivity index (χ1v) is 29.1. The number of hydrogen-bond acceptors (Lipinski definition) is 21. The molecular weight excluding hydrogens is 1100 g/mol. The van der Waals surface area contributed by atoms with Crippen LogP contribution in [-0.4, -0.2) is 90.9 Å². The number of piperidine rings is 1. The zero-order valence-electron chi connectivity index (χ0n) is 41.5. The molecule has 4 N–H and O–H groups in total. The van der Waals surface area contributed by atoms with Crippen molar-refractivity contribution >= 4 is 80.7 Å². The smallest absolute Gasteiger partial charge is 0.347 e. The van der Waals surface area contributed by atoms with Crippen molar-refractivity contribution in [3.05, 3.63) is 155 Å². The number of phosphoric acid groups is 3. The number of aromatic nitrogens is 4. The fourth-order valence-corrected chi connectivity index (χ4v) is 12.6. The molecule has 0 saturated carbocycles. The first-order chi connectivity index (χ1) is 37.2. The van der Waals surface area contributed by atoms with Gasteiger partial charge in [-0.1, -0.05) is 66.7 Å². The van der Waals surface area contributed by atoms with Crippen molar-refractivity contribution in [2.24, 2.45) is 5.92 Å². The number of fused-ring (bicyclic) bond motifs is 3. The number of aromatic amines is 1. The van der Waals surface area contributed by atoms with Gasteiger partial charge in [-0.2, -0.15) is 9.56 Å². The highest BCUT2D eigenvalue weighted by molar-refractivity contribution is 7.92. The highest BCUT2D eigenvalue weighted by atomic mass is 32.2. The number of aliphatic hydroxyl groups excluding tert-OH is 1. The van der Waals surface area contributed by atoms with Crippen LogP contribution < -0.4 is 35.2 Å². The quantitative estimate of drug-likeness (QED) is 0.0159. The van der Waals surface area contributed by atoms with Gasteiger partial charge in [-0.3, -0.25) is 23.1 Å². The van der Waals surface area contributed by atoms with Crippen molar-refractivity contribution in [3.8, 4) is 22.5 Å². The highest BCUT2D eigenvalue weighted by Gasteiger charge is 2.38. The molecule has 2 saturated heterocycles. The van der Waals surface area contributed by atoms with Crippen LogP contribution in [0, 0.1) is 5.92 Å². The van der Waals surface area contributed by atoms with Crippen LogP contribution in [-0.2, 0) is 47.1 Å². The van der Waals surface area contributed by atoms with E-state index in [4.69, 9.17) is 19.3 Å². The summed E-state index contributed by atoms with van der Waals surface area (Å²) in [5.41, 5.74) is 7.24. The summed E-state index contributed by atoms with van der Waals surface area (Å²) in [6, 6.07) is 44.3. The van der Waals surface area contributed by atoms with Gasteiger partial charge < -0.3 is 48.2 Å². The molecule has 6 aromatic rings. The average molecular weight is 1150 g/mol. The number of para-hydroxylation sites is 2. The van der Waals surface area contributed by atoms with Crippen LogP contribution in [0.25, 0.3) is 44.6 Å². The van der Waals surface area contributed by atoms with Gasteiger partial charge in [-0.05, 0) is 48.7 Å². The SMILES string of the molecule is CN(c1ccccc1)c1ccc2c(-c3ccccc3)c3ccc(=[N+](C)c4ccccc4)cc-3oc2c1.O=C(Cc1[nH]c(=O)nc2c1ncn2[C@H]1CC(O)[C@@H](COP(=O)([O-])OP(=O)([O-])OP(=O)([O-])O)O1)C1CCN(SOO)CC1. The van der Waals surface area contributed by atoms with E-state index in [1.165, 1.54) is 22.0 Å². The van der Waals surface area contributed by atoms with Gasteiger partial charge >= 0.3 is 5.69 Å². The number of anilines is 2. The number of hydrogen-bond donors (Lipinski definition) is 4. The number of ether oxygens (including phenoxy) is 1. The maximum Gasteiger partial charge on any atom is 0.347 e. The summed E-state index contributed by atoms with van der Waals surface area (Å²) in [7, 11) is -13.6. The lowest BCUT2D eigenvalue weighted by Crippen LogP contribution is -2.33. The second-order valence-electron chi connectivity index (χ2n) is 18.1. The van der Waals surface area contributed by atoms with Gasteiger partial charge in [-0.25, -0.2) is 28.0 Å². The van der Waals surface area contributed by atoms with E-state index < -0.39 is 54.2 Å². The lowest BCUT2D eigenvalue weighted by molar-refractivity contribution is -0.250. The molecule has 410 valence electrons. The Bertz CT molecular complexity index is 3670. The van der Waals surface area contributed by atoms with Crippen LogP contribution >= 0.6 is 35.7 Å². The van der Waals surface area contributed by atoms with E-state index in [9.17, 15) is 43.1 Å². The van der Waals surface area contributed by atoms with Crippen molar-refractivity contribution in [3.63, 3.8) is 0 Å². The number of imidazole rings is 1. The fourth-order valence-electron chi connectivity index (χ4n) is 9.24. The largest absolute Gasteiger partial charge is 0.756 e. The monoisotopic (exact) mass is 1150 g/mol. The molecule has 3 aliphatic heterocycles. The van der Waals surface area contributed by atoms with Crippen molar-refractivity contribution in [1.82, 2.24) is 28.4 Å². The number of ketones is 1. The fraction of sp³-hybridized carbons (Fsp3) is 0.260. The molecule has 5 heterocycles. The van der Waals surface area contributed by atoms with Crippen molar-refractivity contribution in [2.75, 3.05) is 38.7 Å². The maximum absolute atomic E-state index is 12.9. The zero-order chi connectivity index (χ0) is 55.4. The van der Waals surface area contributed by atoms with Crippen LogP contribution in [0.1, 0.15) is 31.2 Å². The number of nitrogens with zero attached hydrogens (tertiary/aromatic N) is 6. The minimum absolute atomic E-state index is 0.0000459. The van der Waals surface area contributed by atoms with Gasteiger partial charge in [0.25, 0.3) is 23.5 Å². The minimum Gasteiger partial charge on any atom is -0.756 e. The summed E-state index contributed by atoms with van der Waals surface area (Å²) in [5, 5.41) is 21.1. The topological polar surface area (TPSA) is 331 Å². The first kappa shape index (κ1) is 56.7. The second-order valence-corrected chi connectivity index (χ2v) is 23.2. The third-order valence-corrected chi connectivity index (χ3v) is 17.4. The molecule has 2 aromatic heterocycles. The Kier molecular flexibility index (Phi) is 17.5. The van der Waals surface area contributed by atoms with Crippen LogP contribution in [0.4, 0.5) is 17.1 Å². The molecule has 1 aliphatic carbocycles. The number of H-pyrrole nitrogens is 1. The number of nitrogens with one attached hydrogen (secondary N) is 1. The summed E-state index contributed by atoms with van der Waals surface area (Å²) in [6.07, 6.45) is -1.95. The molecule has 2 fully saturated rings. The van der Waals surface area contributed by atoms with E-state index in [0.29, 0.717) is 25.9 Å².